The van der Waals surface area contributed by atoms with Crippen molar-refractivity contribution in [3.8, 4) is 5.75 Å². The molecule has 2 unspecified atom stereocenters. The van der Waals surface area contributed by atoms with Crippen molar-refractivity contribution in [2.45, 2.75) is 45.6 Å². The van der Waals surface area contributed by atoms with E-state index in [0.717, 1.165) is 18.7 Å². The van der Waals surface area contributed by atoms with E-state index in [1.165, 1.54) is 12.0 Å². The second-order valence-corrected chi connectivity index (χ2v) is 4.65. The van der Waals surface area contributed by atoms with Gasteiger partial charge in [0.1, 0.15) is 5.75 Å². The van der Waals surface area contributed by atoms with E-state index in [1.54, 1.807) is 13.3 Å². The lowest BCUT2D eigenvalue weighted by atomic mass is 9.95. The van der Waals surface area contributed by atoms with Crippen LogP contribution in [0.2, 0.25) is 0 Å². The fraction of sp³-hybridized carbons (Fsp3) is 0.643. The quantitative estimate of drug-likeness (QED) is 0.790. The molecular formula is C14H24N2O. The molecule has 0 saturated heterocycles. The highest BCUT2D eigenvalue weighted by Crippen LogP contribution is 2.23. The van der Waals surface area contributed by atoms with Crippen LogP contribution in [0.4, 0.5) is 0 Å². The molecule has 2 atom stereocenters. The molecule has 0 aliphatic carbocycles. The number of pyridine rings is 1. The number of hydrogen-bond donors (Lipinski definition) is 1. The van der Waals surface area contributed by atoms with Gasteiger partial charge in [0.2, 0.25) is 0 Å². The number of nitrogens with zero attached hydrogens (tertiary/aromatic N) is 1. The van der Waals surface area contributed by atoms with Gasteiger partial charge in [-0.1, -0.05) is 13.8 Å². The van der Waals surface area contributed by atoms with Crippen LogP contribution in [0.5, 0.6) is 5.75 Å². The van der Waals surface area contributed by atoms with Crippen LogP contribution in [0.3, 0.4) is 0 Å². The van der Waals surface area contributed by atoms with Crippen molar-refractivity contribution in [1.82, 2.24) is 10.3 Å². The van der Waals surface area contributed by atoms with E-state index in [2.05, 4.69) is 37.1 Å². The minimum Gasteiger partial charge on any atom is -0.495 e. The number of aromatic nitrogens is 1. The highest BCUT2D eigenvalue weighted by Gasteiger charge is 2.11. The molecule has 1 rings (SSSR count). The molecule has 0 saturated carbocycles. The largest absolute Gasteiger partial charge is 0.495 e. The van der Waals surface area contributed by atoms with Gasteiger partial charge in [0, 0.05) is 12.2 Å². The summed E-state index contributed by atoms with van der Waals surface area (Å²) in [5.74, 6) is 1.33. The summed E-state index contributed by atoms with van der Waals surface area (Å²) in [6.07, 6.45) is 5.98. The molecule has 1 aromatic heterocycles. The fourth-order valence-electron chi connectivity index (χ4n) is 1.96. The summed E-state index contributed by atoms with van der Waals surface area (Å²) in [4.78, 5) is 4.20. The Bertz CT molecular complexity index is 328. The van der Waals surface area contributed by atoms with Crippen LogP contribution < -0.4 is 10.1 Å². The van der Waals surface area contributed by atoms with E-state index in [1.807, 2.05) is 6.20 Å². The summed E-state index contributed by atoms with van der Waals surface area (Å²) in [5.41, 5.74) is 1.24. The highest BCUT2D eigenvalue weighted by molar-refractivity contribution is 5.25. The maximum Gasteiger partial charge on any atom is 0.137 e. The number of nitrogens with one attached hydrogen (secondary N) is 1. The summed E-state index contributed by atoms with van der Waals surface area (Å²) in [5, 5.41) is 3.51. The van der Waals surface area contributed by atoms with Crippen LogP contribution in [-0.2, 0) is 0 Å². The van der Waals surface area contributed by atoms with Gasteiger partial charge in [-0.05, 0) is 43.9 Å². The molecule has 3 heteroatoms. The third-order valence-corrected chi connectivity index (χ3v) is 2.99. The molecule has 1 heterocycles. The fourth-order valence-corrected chi connectivity index (χ4v) is 1.96. The Balaban J connectivity index is 2.53. The van der Waals surface area contributed by atoms with E-state index < -0.39 is 0 Å². The molecule has 0 aliphatic rings. The van der Waals surface area contributed by atoms with Crippen LogP contribution in [0, 0.1) is 0 Å². The highest BCUT2D eigenvalue weighted by atomic mass is 16.5. The lowest BCUT2D eigenvalue weighted by molar-refractivity contribution is 0.410. The molecule has 0 fully saturated rings. The van der Waals surface area contributed by atoms with E-state index in [9.17, 15) is 0 Å². The van der Waals surface area contributed by atoms with Crippen molar-refractivity contribution in [3.05, 3.63) is 24.0 Å². The van der Waals surface area contributed by atoms with Gasteiger partial charge >= 0.3 is 0 Å². The van der Waals surface area contributed by atoms with Gasteiger partial charge in [-0.2, -0.15) is 0 Å². The average molecular weight is 236 g/mol. The number of ether oxygens (including phenoxy) is 1. The zero-order valence-electron chi connectivity index (χ0n) is 11.4. The minimum atomic E-state index is 0.497. The average Bonchev–Trinajstić information content (AvgIpc) is 2.36. The smallest absolute Gasteiger partial charge is 0.137 e. The van der Waals surface area contributed by atoms with Crippen molar-refractivity contribution in [2.24, 2.45) is 0 Å². The van der Waals surface area contributed by atoms with Crippen molar-refractivity contribution in [2.75, 3.05) is 13.7 Å². The SMILES string of the molecule is CCCNC(C)CC(C)c1cncc(OC)c1. The Morgan fingerprint density at radius 3 is 2.76 bits per heavy atom. The van der Waals surface area contributed by atoms with E-state index in [4.69, 9.17) is 4.74 Å². The molecule has 0 aliphatic heterocycles. The summed E-state index contributed by atoms with van der Waals surface area (Å²) >= 11 is 0. The first-order chi connectivity index (χ1) is 8.17. The van der Waals surface area contributed by atoms with Gasteiger partial charge < -0.3 is 10.1 Å². The Hall–Kier alpha value is -1.09. The zero-order valence-corrected chi connectivity index (χ0v) is 11.4. The molecule has 1 N–H and O–H groups in total. The van der Waals surface area contributed by atoms with Crippen LogP contribution in [0.25, 0.3) is 0 Å². The lowest BCUT2D eigenvalue weighted by Crippen LogP contribution is -2.28. The third-order valence-electron chi connectivity index (χ3n) is 2.99. The molecule has 17 heavy (non-hydrogen) atoms. The molecule has 0 amide bonds. The van der Waals surface area contributed by atoms with Gasteiger partial charge in [-0.15, -0.1) is 0 Å². The molecule has 0 spiro atoms. The topological polar surface area (TPSA) is 34.2 Å². The summed E-state index contributed by atoms with van der Waals surface area (Å²) in [7, 11) is 1.68. The Morgan fingerprint density at radius 2 is 2.12 bits per heavy atom. The monoisotopic (exact) mass is 236 g/mol. The molecule has 1 aromatic rings. The first-order valence-corrected chi connectivity index (χ1v) is 6.39. The van der Waals surface area contributed by atoms with Gasteiger partial charge in [0.25, 0.3) is 0 Å². The van der Waals surface area contributed by atoms with Gasteiger partial charge in [0.15, 0.2) is 0 Å². The number of rotatable bonds is 7. The molecule has 0 radical (unpaired) electrons. The minimum absolute atomic E-state index is 0.497. The Labute approximate surface area is 105 Å². The molecule has 3 nitrogen and oxygen atoms in total. The lowest BCUT2D eigenvalue weighted by Gasteiger charge is -2.18. The van der Waals surface area contributed by atoms with E-state index >= 15 is 0 Å². The standard InChI is InChI=1S/C14H24N2O/c1-5-6-16-12(3)7-11(2)13-8-14(17-4)10-15-9-13/h8-12,16H,5-7H2,1-4H3. The summed E-state index contributed by atoms with van der Waals surface area (Å²) < 4.78 is 5.20. The van der Waals surface area contributed by atoms with Crippen molar-refractivity contribution >= 4 is 0 Å². The third kappa shape index (κ3) is 4.73. The molecule has 0 aromatic carbocycles. The Morgan fingerprint density at radius 1 is 1.35 bits per heavy atom. The first kappa shape index (κ1) is 14.0. The van der Waals surface area contributed by atoms with Crippen LogP contribution in [-0.4, -0.2) is 24.7 Å². The van der Waals surface area contributed by atoms with E-state index in [0.29, 0.717) is 12.0 Å². The summed E-state index contributed by atoms with van der Waals surface area (Å²) in [6, 6.07) is 2.61. The second kappa shape index (κ2) is 7.28. The first-order valence-electron chi connectivity index (χ1n) is 6.39. The summed E-state index contributed by atoms with van der Waals surface area (Å²) in [6.45, 7) is 7.75. The number of methoxy groups -OCH3 is 1. The predicted molar refractivity (Wildman–Crippen MR) is 71.6 cm³/mol. The molecular weight excluding hydrogens is 212 g/mol. The molecule has 96 valence electrons. The molecule has 0 bridgehead atoms. The normalized spacial score (nSPS) is 14.4. The van der Waals surface area contributed by atoms with Crippen LogP contribution in [0.1, 0.15) is 45.1 Å². The maximum atomic E-state index is 5.20. The van der Waals surface area contributed by atoms with Crippen LogP contribution >= 0.6 is 0 Å². The van der Waals surface area contributed by atoms with Crippen molar-refractivity contribution in [3.63, 3.8) is 0 Å². The number of hydrogen-bond acceptors (Lipinski definition) is 3. The van der Waals surface area contributed by atoms with Gasteiger partial charge in [0.05, 0.1) is 13.3 Å². The van der Waals surface area contributed by atoms with Gasteiger partial charge in [-0.25, -0.2) is 0 Å². The Kier molecular flexibility index (Phi) is 5.98. The predicted octanol–water partition coefficient (Wildman–Crippen LogP) is 2.97. The van der Waals surface area contributed by atoms with Gasteiger partial charge in [-0.3, -0.25) is 4.98 Å². The second-order valence-electron chi connectivity index (χ2n) is 4.65. The van der Waals surface area contributed by atoms with Crippen molar-refractivity contribution in [1.29, 1.82) is 0 Å². The van der Waals surface area contributed by atoms with Crippen molar-refractivity contribution < 1.29 is 4.74 Å². The zero-order chi connectivity index (χ0) is 12.7. The maximum absolute atomic E-state index is 5.20. The van der Waals surface area contributed by atoms with E-state index in [-0.39, 0.29) is 0 Å². The van der Waals surface area contributed by atoms with Crippen LogP contribution in [0.15, 0.2) is 18.5 Å².